The second kappa shape index (κ2) is 60.3. The maximum Gasteiger partial charge on any atom is 0.306 e. The molecule has 0 aliphatic carbocycles. The number of ether oxygens (including phenoxy) is 2. The van der Waals surface area contributed by atoms with Crippen molar-refractivity contribution in [3.8, 4) is 0 Å². The normalized spacial score (nSPS) is 13.2. The first-order valence-corrected chi connectivity index (χ1v) is 35.9. The van der Waals surface area contributed by atoms with Crippen molar-refractivity contribution in [1.82, 2.24) is 0 Å². The number of hydrogen-bond acceptors (Lipinski definition) is 8. The summed E-state index contributed by atoms with van der Waals surface area (Å²) in [6.07, 6.45) is 73.1. The van der Waals surface area contributed by atoms with Crippen LogP contribution in [0.15, 0.2) is 12.2 Å². The number of nitrogens with zero attached hydrogens (tertiary/aromatic N) is 1. The minimum absolute atomic E-state index is 0.0257. The van der Waals surface area contributed by atoms with E-state index in [4.69, 9.17) is 18.5 Å². The third kappa shape index (κ3) is 63.9. The number of likely N-dealkylation sites (N-methyl/N-ethyl adjacent to an activating group) is 1. The van der Waals surface area contributed by atoms with E-state index in [1.54, 1.807) is 0 Å². The highest BCUT2D eigenvalue weighted by Gasteiger charge is 2.22. The highest BCUT2D eigenvalue weighted by molar-refractivity contribution is 7.45. The van der Waals surface area contributed by atoms with Crippen molar-refractivity contribution < 1.29 is 42.1 Å². The smallest absolute Gasteiger partial charge is 0.306 e. The van der Waals surface area contributed by atoms with Crippen LogP contribution in [0, 0.1) is 0 Å². The minimum atomic E-state index is -4.63. The fourth-order valence-electron chi connectivity index (χ4n) is 10.5. The van der Waals surface area contributed by atoms with Gasteiger partial charge in [-0.3, -0.25) is 14.2 Å². The highest BCUT2D eigenvalue weighted by Crippen LogP contribution is 2.38. The fraction of sp³-hybridized carbons (Fsp3) is 0.941. The van der Waals surface area contributed by atoms with E-state index in [1.807, 2.05) is 21.1 Å². The third-order valence-corrected chi connectivity index (χ3v) is 16.7. The van der Waals surface area contributed by atoms with E-state index in [9.17, 15) is 19.0 Å². The van der Waals surface area contributed by atoms with E-state index in [0.29, 0.717) is 17.4 Å². The number of esters is 2. The van der Waals surface area contributed by atoms with Gasteiger partial charge in [0.2, 0.25) is 0 Å². The van der Waals surface area contributed by atoms with Crippen LogP contribution < -0.4 is 4.89 Å². The fourth-order valence-corrected chi connectivity index (χ4v) is 11.2. The first-order valence-electron chi connectivity index (χ1n) is 34.4. The predicted octanol–water partition coefficient (Wildman–Crippen LogP) is 21.3. The van der Waals surface area contributed by atoms with Gasteiger partial charge in [0.05, 0.1) is 27.7 Å². The second-order valence-corrected chi connectivity index (χ2v) is 26.3. The Morgan fingerprint density at radius 3 is 0.949 bits per heavy atom. The molecule has 0 bridgehead atoms. The molecule has 0 aromatic rings. The quantitative estimate of drug-likeness (QED) is 0.0195. The largest absolute Gasteiger partial charge is 0.756 e. The Bertz CT molecular complexity index is 1320. The van der Waals surface area contributed by atoms with Crippen molar-refractivity contribution in [2.45, 2.75) is 367 Å². The highest BCUT2D eigenvalue weighted by atomic mass is 31.2. The molecule has 0 spiro atoms. The summed E-state index contributed by atoms with van der Waals surface area (Å²) in [4.78, 5) is 37.9. The molecule has 0 aromatic carbocycles. The standard InChI is InChI=1S/C68H134NO8P/c1-6-8-10-12-14-16-18-20-22-24-25-26-27-28-29-30-31-32-33-34-35-36-37-38-39-40-41-42-43-45-47-49-51-53-55-57-59-61-68(71)77-66(65-76-78(72,73)75-63-62-69(3,4)5)64-74-67(70)60-58-56-54-52-50-48-46-44-23-21-19-17-15-13-11-9-7-2/h24-25,66H,6-23,26-65H2,1-5H3/b25-24-. The zero-order valence-corrected chi connectivity index (χ0v) is 53.8. The summed E-state index contributed by atoms with van der Waals surface area (Å²) in [5.41, 5.74) is 0. The van der Waals surface area contributed by atoms with Crippen LogP contribution in [0.1, 0.15) is 361 Å². The van der Waals surface area contributed by atoms with Crippen molar-refractivity contribution in [3.05, 3.63) is 12.2 Å². The van der Waals surface area contributed by atoms with Crippen molar-refractivity contribution in [2.75, 3.05) is 47.5 Å². The van der Waals surface area contributed by atoms with Gasteiger partial charge in [0.15, 0.2) is 6.10 Å². The average molecular weight is 1120 g/mol. The van der Waals surface area contributed by atoms with Crippen molar-refractivity contribution in [1.29, 1.82) is 0 Å². The molecule has 0 aliphatic rings. The van der Waals surface area contributed by atoms with Crippen LogP contribution in [0.2, 0.25) is 0 Å². The lowest BCUT2D eigenvalue weighted by molar-refractivity contribution is -0.870. The lowest BCUT2D eigenvalue weighted by atomic mass is 10.0. The van der Waals surface area contributed by atoms with Gasteiger partial charge in [0, 0.05) is 12.8 Å². The molecule has 0 saturated heterocycles. The zero-order chi connectivity index (χ0) is 57.0. The number of hydrogen-bond donors (Lipinski definition) is 0. The molecule has 0 N–H and O–H groups in total. The van der Waals surface area contributed by atoms with E-state index in [1.165, 1.54) is 295 Å². The van der Waals surface area contributed by atoms with Gasteiger partial charge in [-0.1, -0.05) is 321 Å². The maximum absolute atomic E-state index is 12.8. The predicted molar refractivity (Wildman–Crippen MR) is 333 cm³/mol. The Balaban J connectivity index is 3.89. The first kappa shape index (κ1) is 76.8. The summed E-state index contributed by atoms with van der Waals surface area (Å²) in [6, 6.07) is 0. The van der Waals surface area contributed by atoms with Crippen LogP contribution in [-0.2, 0) is 32.7 Å². The van der Waals surface area contributed by atoms with Crippen molar-refractivity contribution in [2.24, 2.45) is 0 Å². The van der Waals surface area contributed by atoms with E-state index in [0.717, 1.165) is 32.1 Å². The number of phosphoric acid groups is 1. The first-order chi connectivity index (χ1) is 38.0. The molecule has 0 radical (unpaired) electrons. The van der Waals surface area contributed by atoms with Gasteiger partial charge in [-0.2, -0.15) is 0 Å². The van der Waals surface area contributed by atoms with Gasteiger partial charge in [-0.15, -0.1) is 0 Å². The molecule has 0 aliphatic heterocycles. The van der Waals surface area contributed by atoms with Crippen molar-refractivity contribution in [3.63, 3.8) is 0 Å². The summed E-state index contributed by atoms with van der Waals surface area (Å²) >= 11 is 0. The lowest BCUT2D eigenvalue weighted by Gasteiger charge is -2.28. The topological polar surface area (TPSA) is 111 Å². The summed E-state index contributed by atoms with van der Waals surface area (Å²) in [7, 11) is 1.19. The number of unbranched alkanes of at least 4 members (excludes halogenated alkanes) is 49. The molecule has 9 nitrogen and oxygen atoms in total. The molecule has 464 valence electrons. The molecule has 78 heavy (non-hydrogen) atoms. The maximum atomic E-state index is 12.8. The second-order valence-electron chi connectivity index (χ2n) is 24.9. The molecular weight excluding hydrogens is 990 g/mol. The van der Waals surface area contributed by atoms with Crippen LogP contribution in [0.3, 0.4) is 0 Å². The molecular formula is C68H134NO8P. The number of allylic oxidation sites excluding steroid dienone is 2. The van der Waals surface area contributed by atoms with Crippen LogP contribution in [0.4, 0.5) is 0 Å². The Morgan fingerprint density at radius 1 is 0.385 bits per heavy atom. The number of carbonyl (C=O) groups excluding carboxylic acids is 2. The van der Waals surface area contributed by atoms with Gasteiger partial charge in [-0.25, -0.2) is 0 Å². The number of carbonyl (C=O) groups is 2. The van der Waals surface area contributed by atoms with Crippen LogP contribution in [-0.4, -0.2) is 70.0 Å². The van der Waals surface area contributed by atoms with Gasteiger partial charge in [0.25, 0.3) is 7.82 Å². The third-order valence-electron chi connectivity index (χ3n) is 15.8. The molecule has 0 heterocycles. The van der Waals surface area contributed by atoms with Crippen LogP contribution in [0.25, 0.3) is 0 Å². The molecule has 10 heteroatoms. The molecule has 2 unspecified atom stereocenters. The van der Waals surface area contributed by atoms with Gasteiger partial charge in [0.1, 0.15) is 19.8 Å². The van der Waals surface area contributed by atoms with E-state index in [2.05, 4.69) is 26.0 Å². The molecule has 0 aromatic heterocycles. The van der Waals surface area contributed by atoms with Crippen LogP contribution in [0.5, 0.6) is 0 Å². The minimum Gasteiger partial charge on any atom is -0.756 e. The summed E-state index contributed by atoms with van der Waals surface area (Å²) in [6.45, 7) is 4.31. The number of quaternary nitrogens is 1. The molecule has 0 fully saturated rings. The van der Waals surface area contributed by atoms with Crippen molar-refractivity contribution >= 4 is 19.8 Å². The number of rotatable bonds is 65. The Morgan fingerprint density at radius 2 is 0.654 bits per heavy atom. The number of phosphoric ester groups is 1. The zero-order valence-electron chi connectivity index (χ0n) is 52.9. The van der Waals surface area contributed by atoms with Gasteiger partial charge < -0.3 is 27.9 Å². The monoisotopic (exact) mass is 1120 g/mol. The SMILES string of the molecule is CCCCCCCCCC/C=C\CCCCCCCCCCCCCCCCCCCCCCCCCCCC(=O)OC(COC(=O)CCCCCCCCCCCCCCCCCCC)COP(=O)([O-])OCC[N+](C)(C)C. The van der Waals surface area contributed by atoms with E-state index < -0.39 is 26.5 Å². The van der Waals surface area contributed by atoms with Gasteiger partial charge in [-0.05, 0) is 38.5 Å². The molecule has 0 amide bonds. The molecule has 0 saturated carbocycles. The molecule has 0 rings (SSSR count). The Labute approximate surface area is 486 Å². The van der Waals surface area contributed by atoms with E-state index >= 15 is 0 Å². The average Bonchev–Trinajstić information content (AvgIpc) is 3.41. The van der Waals surface area contributed by atoms with Crippen LogP contribution >= 0.6 is 7.82 Å². The summed E-state index contributed by atoms with van der Waals surface area (Å²) in [5.74, 6) is -0.808. The lowest BCUT2D eigenvalue weighted by Crippen LogP contribution is -2.37. The summed E-state index contributed by atoms with van der Waals surface area (Å²) < 4.78 is 34.3. The van der Waals surface area contributed by atoms with E-state index in [-0.39, 0.29) is 32.0 Å². The van der Waals surface area contributed by atoms with Gasteiger partial charge >= 0.3 is 11.9 Å². The Hall–Kier alpha value is -1.25. The summed E-state index contributed by atoms with van der Waals surface area (Å²) in [5, 5.41) is 0. The Kier molecular flexibility index (Phi) is 59.4. The molecule has 2 atom stereocenters.